The van der Waals surface area contributed by atoms with E-state index in [1.54, 1.807) is 13.1 Å². The zero-order chi connectivity index (χ0) is 22.0. The van der Waals surface area contributed by atoms with Gasteiger partial charge in [0.25, 0.3) is 5.56 Å². The van der Waals surface area contributed by atoms with Gasteiger partial charge >= 0.3 is 0 Å². The Morgan fingerprint density at radius 3 is 2.72 bits per heavy atom. The van der Waals surface area contributed by atoms with E-state index in [9.17, 15) is 9.90 Å². The Morgan fingerprint density at radius 2 is 1.97 bits per heavy atom. The standard InChI is InChI=1S/C24H26FN5O2/c1-29-12-26-19-10-16(21(31)11-17(19)24(29)32)18-6-7-22(28-27-18)30(15-4-5-15)20-9-13-2-3-14(8-13)23(20)25/h6-7,10-15,20,23,31H,2-5,8-9H2,1H3/t13-,14+,20+,23-/m1/s1. The predicted molar refractivity (Wildman–Crippen MR) is 119 cm³/mol. The number of hydrogen-bond donors (Lipinski definition) is 1. The summed E-state index contributed by atoms with van der Waals surface area (Å²) in [4.78, 5) is 18.8. The van der Waals surface area contributed by atoms with Crippen LogP contribution in [0.25, 0.3) is 22.2 Å². The molecule has 3 aromatic rings. The van der Waals surface area contributed by atoms with Crippen LogP contribution >= 0.6 is 0 Å². The van der Waals surface area contributed by atoms with E-state index in [0.29, 0.717) is 39.9 Å². The lowest BCUT2D eigenvalue weighted by molar-refractivity contribution is 0.140. The molecular weight excluding hydrogens is 409 g/mol. The molecule has 8 heteroatoms. The van der Waals surface area contributed by atoms with E-state index in [4.69, 9.17) is 0 Å². The Kier molecular flexibility index (Phi) is 4.45. The number of phenols is 1. The van der Waals surface area contributed by atoms with E-state index < -0.39 is 6.17 Å². The van der Waals surface area contributed by atoms with Gasteiger partial charge in [-0.3, -0.25) is 4.79 Å². The lowest BCUT2D eigenvalue weighted by Gasteiger charge is -2.40. The Balaban J connectivity index is 1.34. The molecule has 7 nitrogen and oxygen atoms in total. The van der Waals surface area contributed by atoms with Crippen molar-refractivity contribution in [2.75, 3.05) is 4.90 Å². The number of hydrogen-bond acceptors (Lipinski definition) is 6. The van der Waals surface area contributed by atoms with E-state index in [2.05, 4.69) is 20.1 Å². The van der Waals surface area contributed by atoms with Crippen LogP contribution in [0.5, 0.6) is 5.75 Å². The third kappa shape index (κ3) is 3.15. The summed E-state index contributed by atoms with van der Waals surface area (Å²) in [6.07, 6.45) is 6.84. The number of fused-ring (bicyclic) bond motifs is 3. The second-order valence-electron chi connectivity index (χ2n) is 9.65. The molecule has 2 bridgehead atoms. The van der Waals surface area contributed by atoms with E-state index >= 15 is 4.39 Å². The van der Waals surface area contributed by atoms with Gasteiger partial charge in [-0.05, 0) is 74.6 Å². The van der Waals surface area contributed by atoms with Gasteiger partial charge in [-0.15, -0.1) is 10.2 Å². The molecule has 32 heavy (non-hydrogen) atoms. The first-order chi connectivity index (χ1) is 15.5. The van der Waals surface area contributed by atoms with Gasteiger partial charge in [0.1, 0.15) is 11.9 Å². The van der Waals surface area contributed by atoms with Gasteiger partial charge in [0.2, 0.25) is 0 Å². The number of nitrogens with zero attached hydrogens (tertiary/aromatic N) is 5. The van der Waals surface area contributed by atoms with Crippen LogP contribution < -0.4 is 10.5 Å². The highest BCUT2D eigenvalue weighted by Crippen LogP contribution is 2.48. The molecule has 2 aromatic heterocycles. The van der Waals surface area contributed by atoms with Gasteiger partial charge in [0.15, 0.2) is 5.82 Å². The predicted octanol–water partition coefficient (Wildman–Crippen LogP) is 3.59. The summed E-state index contributed by atoms with van der Waals surface area (Å²) < 4.78 is 16.7. The summed E-state index contributed by atoms with van der Waals surface area (Å²) in [5.74, 6) is 1.47. The summed E-state index contributed by atoms with van der Waals surface area (Å²) in [7, 11) is 1.62. The normalized spacial score (nSPS) is 27.1. The third-order valence-electron chi connectivity index (χ3n) is 7.50. The van der Waals surface area contributed by atoms with Crippen molar-refractivity contribution in [1.29, 1.82) is 0 Å². The van der Waals surface area contributed by atoms with Gasteiger partial charge in [-0.1, -0.05) is 0 Å². The molecule has 166 valence electrons. The Labute approximate surface area is 184 Å². The molecule has 6 rings (SSSR count). The van der Waals surface area contributed by atoms with E-state index in [1.807, 2.05) is 12.1 Å². The number of aromatic hydroxyl groups is 1. The fourth-order valence-corrected chi connectivity index (χ4v) is 5.71. The topological polar surface area (TPSA) is 84.1 Å². The lowest BCUT2D eigenvalue weighted by atomic mass is 9.83. The highest BCUT2D eigenvalue weighted by atomic mass is 19.1. The summed E-state index contributed by atoms with van der Waals surface area (Å²) in [5, 5.41) is 19.7. The minimum absolute atomic E-state index is 0.0450. The zero-order valence-electron chi connectivity index (χ0n) is 18.0. The third-order valence-corrected chi connectivity index (χ3v) is 7.50. The smallest absolute Gasteiger partial charge is 0.261 e. The van der Waals surface area contributed by atoms with E-state index in [-0.39, 0.29) is 23.3 Å². The van der Waals surface area contributed by atoms with E-state index in [1.165, 1.54) is 17.0 Å². The molecule has 3 saturated carbocycles. The summed E-state index contributed by atoms with van der Waals surface area (Å²) in [5.41, 5.74) is 1.23. The molecule has 0 amide bonds. The number of aryl methyl sites for hydroxylation is 1. The molecule has 0 radical (unpaired) electrons. The van der Waals surface area contributed by atoms with Crippen LogP contribution in [0.3, 0.4) is 0 Å². The number of halogens is 1. The summed E-state index contributed by atoms with van der Waals surface area (Å²) in [6, 6.07) is 6.99. The Bertz CT molecular complexity index is 1240. The van der Waals surface area contributed by atoms with E-state index in [0.717, 1.165) is 38.5 Å². The molecule has 3 aliphatic carbocycles. The highest BCUT2D eigenvalue weighted by Gasteiger charge is 2.48. The molecule has 4 atom stereocenters. The number of anilines is 1. The van der Waals surface area contributed by atoms with Crippen molar-refractivity contribution in [2.24, 2.45) is 18.9 Å². The molecule has 1 aromatic carbocycles. The fourth-order valence-electron chi connectivity index (χ4n) is 5.71. The Morgan fingerprint density at radius 1 is 1.12 bits per heavy atom. The van der Waals surface area contributed by atoms with Crippen LogP contribution in [0.4, 0.5) is 10.2 Å². The minimum atomic E-state index is -0.811. The van der Waals surface area contributed by atoms with Gasteiger partial charge in [0, 0.05) is 18.7 Å². The number of benzene rings is 1. The maximum atomic E-state index is 15.3. The van der Waals surface area contributed by atoms with Gasteiger partial charge in [0.05, 0.1) is 29.0 Å². The van der Waals surface area contributed by atoms with Crippen LogP contribution in [0, 0.1) is 11.8 Å². The van der Waals surface area contributed by atoms with Gasteiger partial charge < -0.3 is 14.6 Å². The lowest BCUT2D eigenvalue weighted by Crippen LogP contribution is -2.49. The maximum absolute atomic E-state index is 15.3. The number of phenolic OH excluding ortho intramolecular Hbond substituents is 1. The van der Waals surface area contributed by atoms with Crippen molar-refractivity contribution >= 4 is 16.7 Å². The molecule has 1 N–H and O–H groups in total. The number of aromatic nitrogens is 4. The summed E-state index contributed by atoms with van der Waals surface area (Å²) >= 11 is 0. The number of rotatable bonds is 4. The first kappa shape index (κ1) is 19.6. The van der Waals surface area contributed by atoms with Crippen LogP contribution in [-0.2, 0) is 7.05 Å². The van der Waals surface area contributed by atoms with Crippen molar-refractivity contribution in [3.05, 3.63) is 40.9 Å². The van der Waals surface area contributed by atoms with Crippen LogP contribution in [0.2, 0.25) is 0 Å². The Hall–Kier alpha value is -3.03. The number of alkyl halides is 1. The highest BCUT2D eigenvalue weighted by molar-refractivity contribution is 5.86. The van der Waals surface area contributed by atoms with Crippen molar-refractivity contribution in [3.63, 3.8) is 0 Å². The first-order valence-corrected chi connectivity index (χ1v) is 11.4. The van der Waals surface area contributed by atoms with Crippen molar-refractivity contribution in [2.45, 2.75) is 56.8 Å². The summed E-state index contributed by atoms with van der Waals surface area (Å²) in [6.45, 7) is 0. The van der Waals surface area contributed by atoms with Crippen LogP contribution in [0.15, 0.2) is 35.4 Å². The molecule has 2 heterocycles. The molecule has 0 aliphatic heterocycles. The van der Waals surface area contributed by atoms with Crippen LogP contribution in [-0.4, -0.2) is 43.1 Å². The van der Waals surface area contributed by atoms with Crippen molar-refractivity contribution in [1.82, 2.24) is 19.7 Å². The molecular formula is C24H26FN5O2. The molecule has 0 saturated heterocycles. The molecule has 3 fully saturated rings. The average molecular weight is 436 g/mol. The largest absolute Gasteiger partial charge is 0.507 e. The molecule has 0 unspecified atom stereocenters. The second kappa shape index (κ2) is 7.25. The zero-order valence-corrected chi connectivity index (χ0v) is 18.0. The fraction of sp³-hybridized carbons (Fsp3) is 0.500. The SMILES string of the molecule is Cn1cnc2cc(-c3ccc(N(C4CC4)[C@H]4C[C@@H]5CC[C@@H](C5)[C@H]4F)nn3)c(O)cc2c1=O. The van der Waals surface area contributed by atoms with Crippen molar-refractivity contribution < 1.29 is 9.50 Å². The minimum Gasteiger partial charge on any atom is -0.507 e. The quantitative estimate of drug-likeness (QED) is 0.674. The average Bonchev–Trinajstić information content (AvgIpc) is 3.55. The maximum Gasteiger partial charge on any atom is 0.261 e. The van der Waals surface area contributed by atoms with Crippen molar-refractivity contribution in [3.8, 4) is 17.0 Å². The van der Waals surface area contributed by atoms with Gasteiger partial charge in [-0.2, -0.15) is 0 Å². The molecule has 3 aliphatic rings. The van der Waals surface area contributed by atoms with Gasteiger partial charge in [-0.25, -0.2) is 9.37 Å². The van der Waals surface area contributed by atoms with Crippen LogP contribution in [0.1, 0.15) is 38.5 Å². The second-order valence-corrected chi connectivity index (χ2v) is 9.65. The molecule has 0 spiro atoms. The monoisotopic (exact) mass is 435 g/mol. The first-order valence-electron chi connectivity index (χ1n) is 11.4.